The third-order valence-electron chi connectivity index (χ3n) is 4.17. The second-order valence-electron chi connectivity index (χ2n) is 6.11. The number of carbonyl (C=O) groups is 1. The number of nitrogens with two attached hydrogens (primary N) is 1. The molecule has 0 aliphatic rings. The second-order valence-corrected chi connectivity index (χ2v) is 9.59. The summed E-state index contributed by atoms with van der Waals surface area (Å²) in [4.78, 5) is 17.2. The summed E-state index contributed by atoms with van der Waals surface area (Å²) >= 11 is 5.01. The first-order valence-corrected chi connectivity index (χ1v) is 11.8. The Morgan fingerprint density at radius 2 is 1.90 bits per heavy atom. The first-order valence-electron chi connectivity index (χ1n) is 8.53. The smallest absolute Gasteiger partial charge is 0.295 e. The molecule has 1 atom stereocenters. The van der Waals surface area contributed by atoms with Crippen molar-refractivity contribution < 1.29 is 17.8 Å². The van der Waals surface area contributed by atoms with Gasteiger partial charge in [0.05, 0.1) is 5.69 Å². The lowest BCUT2D eigenvalue weighted by Crippen LogP contribution is -2.35. The van der Waals surface area contributed by atoms with Crippen LogP contribution in [-0.2, 0) is 14.9 Å². The summed E-state index contributed by atoms with van der Waals surface area (Å²) in [7, 11) is -4.42. The van der Waals surface area contributed by atoms with Gasteiger partial charge in [0, 0.05) is 38.6 Å². The molecule has 0 aliphatic heterocycles. The molecule has 0 spiro atoms. The number of hydrogen-bond acceptors (Lipinski definition) is 6. The minimum atomic E-state index is -4.42. The number of benzene rings is 2. The van der Waals surface area contributed by atoms with Crippen LogP contribution in [0.1, 0.15) is 11.7 Å². The Morgan fingerprint density at radius 3 is 2.55 bits per heavy atom. The van der Waals surface area contributed by atoms with Crippen molar-refractivity contribution in [1.82, 2.24) is 10.3 Å². The highest BCUT2D eigenvalue weighted by atomic mass is 79.9. The molecular weight excluding hydrogens is 478 g/mol. The van der Waals surface area contributed by atoms with Crippen LogP contribution in [0.4, 0.5) is 0 Å². The van der Waals surface area contributed by atoms with Crippen molar-refractivity contribution in [2.75, 3.05) is 12.3 Å². The number of amides is 1. The number of hydrogen-bond donors (Lipinski definition) is 3. The van der Waals surface area contributed by atoms with E-state index in [1.54, 1.807) is 17.8 Å². The highest BCUT2D eigenvalue weighted by Gasteiger charge is 2.23. The monoisotopic (exact) mass is 495 g/mol. The molecule has 1 unspecified atom stereocenters. The SMILES string of the molecule is NC(=O)C(NCCSc1ccc(Br)cc1)c1nccc2c(S(=O)(=O)O)cccc12. The number of carbonyl (C=O) groups excluding carboxylic acids is 1. The van der Waals surface area contributed by atoms with E-state index in [1.807, 2.05) is 24.3 Å². The molecule has 0 radical (unpaired) electrons. The standard InChI is InChI=1S/C19H18BrN3O4S2/c20-12-4-6-13(7-5-12)28-11-10-23-18(19(21)24)17-15-2-1-3-16(29(25,26)27)14(15)8-9-22-17/h1-9,18,23H,10-11H2,(H2,21,24)(H,25,26,27). The number of primary amides is 1. The summed E-state index contributed by atoms with van der Waals surface area (Å²) in [5.74, 6) is 0.0582. The van der Waals surface area contributed by atoms with Gasteiger partial charge in [-0.1, -0.05) is 28.1 Å². The van der Waals surface area contributed by atoms with Crippen molar-refractivity contribution in [2.24, 2.45) is 5.73 Å². The molecule has 0 fully saturated rings. The van der Waals surface area contributed by atoms with E-state index in [0.717, 1.165) is 9.37 Å². The molecule has 2 aromatic carbocycles. The zero-order chi connectivity index (χ0) is 21.0. The fourth-order valence-electron chi connectivity index (χ4n) is 2.89. The Bertz CT molecular complexity index is 1140. The maximum absolute atomic E-state index is 12.1. The van der Waals surface area contributed by atoms with Gasteiger partial charge in [-0.3, -0.25) is 14.3 Å². The van der Waals surface area contributed by atoms with E-state index in [-0.39, 0.29) is 10.3 Å². The van der Waals surface area contributed by atoms with Gasteiger partial charge in [-0.2, -0.15) is 8.42 Å². The zero-order valence-corrected chi connectivity index (χ0v) is 18.3. The molecule has 7 nitrogen and oxygen atoms in total. The van der Waals surface area contributed by atoms with E-state index in [2.05, 4.69) is 26.2 Å². The van der Waals surface area contributed by atoms with Gasteiger partial charge in [0.15, 0.2) is 0 Å². The van der Waals surface area contributed by atoms with Gasteiger partial charge in [0.2, 0.25) is 5.91 Å². The number of pyridine rings is 1. The number of nitrogens with one attached hydrogen (secondary N) is 1. The first-order chi connectivity index (χ1) is 13.8. The van der Waals surface area contributed by atoms with Crippen molar-refractivity contribution in [3.63, 3.8) is 0 Å². The van der Waals surface area contributed by atoms with Crippen LogP contribution in [0.2, 0.25) is 0 Å². The van der Waals surface area contributed by atoms with E-state index in [1.165, 1.54) is 24.4 Å². The molecule has 1 amide bonds. The van der Waals surface area contributed by atoms with Gasteiger partial charge in [0.25, 0.3) is 10.1 Å². The molecule has 3 aromatic rings. The minimum Gasteiger partial charge on any atom is -0.368 e. The van der Waals surface area contributed by atoms with E-state index in [4.69, 9.17) is 5.73 Å². The van der Waals surface area contributed by atoms with Crippen LogP contribution in [0.25, 0.3) is 10.8 Å². The Morgan fingerprint density at radius 1 is 1.17 bits per heavy atom. The molecule has 1 heterocycles. The number of fused-ring (bicyclic) bond motifs is 1. The van der Waals surface area contributed by atoms with Crippen LogP contribution in [0.15, 0.2) is 69.0 Å². The largest absolute Gasteiger partial charge is 0.368 e. The zero-order valence-electron chi connectivity index (χ0n) is 15.1. The molecule has 4 N–H and O–H groups in total. The molecular formula is C19H18BrN3O4S2. The minimum absolute atomic E-state index is 0.243. The predicted octanol–water partition coefficient (Wildman–Crippen LogP) is 3.15. The van der Waals surface area contributed by atoms with Crippen molar-refractivity contribution in [1.29, 1.82) is 0 Å². The van der Waals surface area contributed by atoms with Crippen LogP contribution in [0.5, 0.6) is 0 Å². The Balaban J connectivity index is 1.81. The van der Waals surface area contributed by atoms with Crippen molar-refractivity contribution >= 4 is 54.5 Å². The maximum atomic E-state index is 12.1. The highest BCUT2D eigenvalue weighted by Crippen LogP contribution is 2.28. The number of thioether (sulfide) groups is 1. The van der Waals surface area contributed by atoms with E-state index in [0.29, 0.717) is 23.4 Å². The highest BCUT2D eigenvalue weighted by molar-refractivity contribution is 9.10. The average Bonchev–Trinajstić information content (AvgIpc) is 2.67. The van der Waals surface area contributed by atoms with Crippen molar-refractivity contribution in [3.05, 3.63) is 64.9 Å². The van der Waals surface area contributed by atoms with Crippen LogP contribution >= 0.6 is 27.7 Å². The molecule has 10 heteroatoms. The molecule has 1 aromatic heterocycles. The lowest BCUT2D eigenvalue weighted by Gasteiger charge is -2.17. The molecule has 0 aliphatic carbocycles. The maximum Gasteiger partial charge on any atom is 0.295 e. The second kappa shape index (κ2) is 9.23. The summed E-state index contributed by atoms with van der Waals surface area (Å²) in [6.07, 6.45) is 1.39. The van der Waals surface area contributed by atoms with E-state index in [9.17, 15) is 17.8 Å². The number of halogens is 1. The fourth-order valence-corrected chi connectivity index (χ4v) is 4.65. The van der Waals surface area contributed by atoms with Crippen molar-refractivity contribution in [2.45, 2.75) is 15.8 Å². The average molecular weight is 496 g/mol. The van der Waals surface area contributed by atoms with Crippen LogP contribution in [0.3, 0.4) is 0 Å². The third-order valence-corrected chi connectivity index (χ3v) is 6.62. The first kappa shape index (κ1) is 21.7. The number of nitrogens with zero attached hydrogens (tertiary/aromatic N) is 1. The van der Waals surface area contributed by atoms with E-state index < -0.39 is 22.1 Å². The van der Waals surface area contributed by atoms with Gasteiger partial charge < -0.3 is 11.1 Å². The number of aromatic nitrogens is 1. The predicted molar refractivity (Wildman–Crippen MR) is 116 cm³/mol. The summed E-state index contributed by atoms with van der Waals surface area (Å²) < 4.78 is 33.8. The lowest BCUT2D eigenvalue weighted by molar-refractivity contribution is -0.120. The van der Waals surface area contributed by atoms with E-state index >= 15 is 0 Å². The van der Waals surface area contributed by atoms with Crippen LogP contribution in [-0.4, -0.2) is 36.2 Å². The normalized spacial score (nSPS) is 12.8. The lowest BCUT2D eigenvalue weighted by atomic mass is 10.0. The molecule has 0 saturated heterocycles. The van der Waals surface area contributed by atoms with Gasteiger partial charge in [0.1, 0.15) is 10.9 Å². The Hall–Kier alpha value is -1.98. The number of rotatable bonds is 8. The van der Waals surface area contributed by atoms with Gasteiger partial charge in [-0.15, -0.1) is 11.8 Å². The molecule has 29 heavy (non-hydrogen) atoms. The fraction of sp³-hybridized carbons (Fsp3) is 0.158. The molecule has 0 saturated carbocycles. The topological polar surface area (TPSA) is 122 Å². The molecule has 152 valence electrons. The Labute approximate surface area is 181 Å². The summed E-state index contributed by atoms with van der Waals surface area (Å²) in [6, 6.07) is 12.9. The summed E-state index contributed by atoms with van der Waals surface area (Å²) in [5, 5.41) is 3.79. The summed E-state index contributed by atoms with van der Waals surface area (Å²) in [6.45, 7) is 0.477. The third kappa shape index (κ3) is 5.34. The Kier molecular flexibility index (Phi) is 6.91. The summed E-state index contributed by atoms with van der Waals surface area (Å²) in [5.41, 5.74) is 5.89. The molecule has 3 rings (SSSR count). The van der Waals surface area contributed by atoms with Crippen molar-refractivity contribution in [3.8, 4) is 0 Å². The quantitative estimate of drug-likeness (QED) is 0.249. The van der Waals surface area contributed by atoms with Crippen LogP contribution < -0.4 is 11.1 Å². The molecule has 0 bridgehead atoms. The van der Waals surface area contributed by atoms with Crippen LogP contribution in [0, 0.1) is 0 Å². The van der Waals surface area contributed by atoms with Gasteiger partial charge >= 0.3 is 0 Å². The van der Waals surface area contributed by atoms with Gasteiger partial charge in [-0.05, 0) is 36.4 Å². The van der Waals surface area contributed by atoms with Gasteiger partial charge in [-0.25, -0.2) is 0 Å².